The summed E-state index contributed by atoms with van der Waals surface area (Å²) in [6.07, 6.45) is 0. The fourth-order valence-corrected chi connectivity index (χ4v) is 2.12. The number of rotatable bonds is 4. The van der Waals surface area contributed by atoms with Crippen LogP contribution in [0.15, 0.2) is 30.3 Å². The van der Waals surface area contributed by atoms with Gasteiger partial charge >= 0.3 is 0 Å². The molecule has 3 nitrogen and oxygen atoms in total. The molecular weight excluding hydrogens is 260 g/mol. The highest BCUT2D eigenvalue weighted by Gasteiger charge is 2.18. The summed E-state index contributed by atoms with van der Waals surface area (Å²) in [5.74, 6) is -1.22. The van der Waals surface area contributed by atoms with E-state index in [4.69, 9.17) is 0 Å². The lowest BCUT2D eigenvalue weighted by molar-refractivity contribution is 0.575. The van der Waals surface area contributed by atoms with Gasteiger partial charge in [0.05, 0.1) is 0 Å². The van der Waals surface area contributed by atoms with Gasteiger partial charge in [0.2, 0.25) is 0 Å². The number of anilines is 3. The zero-order valence-electron chi connectivity index (χ0n) is 11.7. The van der Waals surface area contributed by atoms with E-state index >= 15 is 0 Å². The molecule has 2 aromatic rings. The van der Waals surface area contributed by atoms with Crippen molar-refractivity contribution in [3.05, 3.63) is 47.5 Å². The number of hydrogen-bond donors (Lipinski definition) is 1. The third-order valence-corrected chi connectivity index (χ3v) is 3.13. The van der Waals surface area contributed by atoms with Crippen molar-refractivity contribution in [1.82, 2.24) is 4.98 Å². The second-order valence-electron chi connectivity index (χ2n) is 4.40. The highest BCUT2D eigenvalue weighted by Crippen LogP contribution is 2.30. The molecule has 0 unspecified atom stereocenters. The molecule has 106 valence electrons. The molecular formula is C15H17F2N3. The Morgan fingerprint density at radius 3 is 2.50 bits per heavy atom. The molecule has 1 aromatic heterocycles. The number of aryl methyl sites for hydroxylation is 1. The summed E-state index contributed by atoms with van der Waals surface area (Å²) in [6, 6.07) is 8.49. The molecule has 5 heteroatoms. The van der Waals surface area contributed by atoms with Crippen LogP contribution in [0.2, 0.25) is 0 Å². The summed E-state index contributed by atoms with van der Waals surface area (Å²) in [7, 11) is 1.55. The Kier molecular flexibility index (Phi) is 4.17. The van der Waals surface area contributed by atoms with Crippen molar-refractivity contribution in [1.29, 1.82) is 0 Å². The predicted molar refractivity (Wildman–Crippen MR) is 77.6 cm³/mol. The van der Waals surface area contributed by atoms with Crippen LogP contribution >= 0.6 is 0 Å². The van der Waals surface area contributed by atoms with Crippen LogP contribution < -0.4 is 10.2 Å². The molecule has 20 heavy (non-hydrogen) atoms. The molecule has 0 aliphatic carbocycles. The maximum absolute atomic E-state index is 14.0. The number of hydrogen-bond acceptors (Lipinski definition) is 3. The summed E-state index contributed by atoms with van der Waals surface area (Å²) < 4.78 is 27.5. The maximum Gasteiger partial charge on any atom is 0.171 e. The molecule has 1 heterocycles. The van der Waals surface area contributed by atoms with Gasteiger partial charge in [-0.05, 0) is 25.5 Å². The van der Waals surface area contributed by atoms with Gasteiger partial charge in [0, 0.05) is 25.3 Å². The van der Waals surface area contributed by atoms with Crippen LogP contribution in [0.5, 0.6) is 0 Å². The fourth-order valence-electron chi connectivity index (χ4n) is 2.12. The van der Waals surface area contributed by atoms with Gasteiger partial charge < -0.3 is 10.2 Å². The van der Waals surface area contributed by atoms with Crippen LogP contribution in [0.1, 0.15) is 12.5 Å². The molecule has 0 saturated carbocycles. The first kappa shape index (κ1) is 14.2. The van der Waals surface area contributed by atoms with Gasteiger partial charge in [-0.15, -0.1) is 0 Å². The Hall–Kier alpha value is -2.17. The Balaban J connectivity index is 2.55. The van der Waals surface area contributed by atoms with Gasteiger partial charge in [0.15, 0.2) is 23.3 Å². The van der Waals surface area contributed by atoms with E-state index in [0.29, 0.717) is 6.54 Å². The summed E-state index contributed by atoms with van der Waals surface area (Å²) in [5, 5.41) is 2.63. The van der Waals surface area contributed by atoms with E-state index in [0.717, 1.165) is 17.3 Å². The minimum absolute atomic E-state index is 0.0356. The largest absolute Gasteiger partial charge is 0.371 e. The monoisotopic (exact) mass is 277 g/mol. The third-order valence-electron chi connectivity index (χ3n) is 3.13. The highest BCUT2D eigenvalue weighted by molar-refractivity contribution is 5.65. The van der Waals surface area contributed by atoms with Gasteiger partial charge in [0.25, 0.3) is 0 Å². The van der Waals surface area contributed by atoms with Gasteiger partial charge in [-0.2, -0.15) is 0 Å². The Bertz CT molecular complexity index is 614. The van der Waals surface area contributed by atoms with Crippen LogP contribution in [0.4, 0.5) is 26.1 Å². The van der Waals surface area contributed by atoms with E-state index in [1.165, 1.54) is 0 Å². The van der Waals surface area contributed by atoms with Crippen molar-refractivity contribution in [3.63, 3.8) is 0 Å². The fraction of sp³-hybridized carbons (Fsp3) is 0.267. The van der Waals surface area contributed by atoms with Gasteiger partial charge in [-0.3, -0.25) is 0 Å². The number of aromatic nitrogens is 1. The first-order valence-corrected chi connectivity index (χ1v) is 6.45. The van der Waals surface area contributed by atoms with E-state index in [-0.39, 0.29) is 11.6 Å². The van der Waals surface area contributed by atoms with Crippen LogP contribution in [0.3, 0.4) is 0 Å². The van der Waals surface area contributed by atoms with E-state index < -0.39 is 11.6 Å². The first-order chi connectivity index (χ1) is 9.58. The number of para-hydroxylation sites is 1. The predicted octanol–water partition coefficient (Wildman–Crippen LogP) is 3.87. The zero-order valence-corrected chi connectivity index (χ0v) is 11.7. The summed E-state index contributed by atoms with van der Waals surface area (Å²) in [6.45, 7) is 4.37. The van der Waals surface area contributed by atoms with E-state index in [2.05, 4.69) is 10.3 Å². The molecule has 0 aliphatic heterocycles. The Morgan fingerprint density at radius 2 is 1.90 bits per heavy atom. The van der Waals surface area contributed by atoms with Crippen LogP contribution in [0.25, 0.3) is 0 Å². The van der Waals surface area contributed by atoms with Crippen LogP contribution in [-0.2, 0) is 0 Å². The lowest BCUT2D eigenvalue weighted by Gasteiger charge is -2.24. The number of nitrogens with one attached hydrogen (secondary N) is 1. The average molecular weight is 277 g/mol. The maximum atomic E-state index is 14.0. The lowest BCUT2D eigenvalue weighted by Crippen LogP contribution is -2.20. The topological polar surface area (TPSA) is 28.2 Å². The Morgan fingerprint density at radius 1 is 1.20 bits per heavy atom. The molecule has 0 amide bonds. The molecule has 0 bridgehead atoms. The van der Waals surface area contributed by atoms with Crippen molar-refractivity contribution in [2.75, 3.05) is 23.8 Å². The molecule has 0 aliphatic rings. The van der Waals surface area contributed by atoms with Gasteiger partial charge in [0.1, 0.15) is 0 Å². The van der Waals surface area contributed by atoms with Gasteiger partial charge in [-0.1, -0.05) is 18.2 Å². The number of benzene rings is 1. The van der Waals surface area contributed by atoms with Crippen LogP contribution in [0, 0.1) is 18.6 Å². The van der Waals surface area contributed by atoms with Crippen LogP contribution in [-0.4, -0.2) is 18.6 Å². The minimum atomic E-state index is -0.699. The standard InChI is InChI=1S/C15H17F2N3/c1-4-20(13-8-6-5-7-10(13)2)15-12(17)9-11(16)14(18-3)19-15/h5-9H,4H2,1-3H3,(H,18,19). The van der Waals surface area contributed by atoms with Crippen molar-refractivity contribution < 1.29 is 8.78 Å². The average Bonchev–Trinajstić information content (AvgIpc) is 2.43. The zero-order chi connectivity index (χ0) is 14.7. The van der Waals surface area contributed by atoms with Gasteiger partial charge in [-0.25, -0.2) is 13.8 Å². The number of halogens is 2. The molecule has 2 rings (SSSR count). The number of nitrogens with zero attached hydrogens (tertiary/aromatic N) is 2. The quantitative estimate of drug-likeness (QED) is 0.919. The van der Waals surface area contributed by atoms with E-state index in [9.17, 15) is 8.78 Å². The van der Waals surface area contributed by atoms with Crippen molar-refractivity contribution in [2.45, 2.75) is 13.8 Å². The Labute approximate surface area is 117 Å². The normalized spacial score (nSPS) is 10.4. The summed E-state index contributed by atoms with van der Waals surface area (Å²) >= 11 is 0. The molecule has 1 aromatic carbocycles. The molecule has 1 N–H and O–H groups in total. The second-order valence-corrected chi connectivity index (χ2v) is 4.40. The smallest absolute Gasteiger partial charge is 0.171 e. The molecule has 0 saturated heterocycles. The molecule has 0 spiro atoms. The summed E-state index contributed by atoms with van der Waals surface area (Å²) in [4.78, 5) is 5.77. The van der Waals surface area contributed by atoms with E-state index in [1.807, 2.05) is 38.1 Å². The van der Waals surface area contributed by atoms with Crippen molar-refractivity contribution >= 4 is 17.3 Å². The third kappa shape index (κ3) is 2.57. The van der Waals surface area contributed by atoms with Crippen molar-refractivity contribution in [3.8, 4) is 0 Å². The molecule has 0 radical (unpaired) electrons. The minimum Gasteiger partial charge on any atom is -0.371 e. The highest BCUT2D eigenvalue weighted by atomic mass is 19.1. The second kappa shape index (κ2) is 5.86. The SMILES string of the molecule is CCN(c1ccccc1C)c1nc(NC)c(F)cc1F. The molecule has 0 fully saturated rings. The molecule has 0 atom stereocenters. The number of pyridine rings is 1. The van der Waals surface area contributed by atoms with Crippen molar-refractivity contribution in [2.24, 2.45) is 0 Å². The first-order valence-electron chi connectivity index (χ1n) is 6.45. The summed E-state index contributed by atoms with van der Waals surface area (Å²) in [5.41, 5.74) is 1.86. The van der Waals surface area contributed by atoms with E-state index in [1.54, 1.807) is 11.9 Å². The lowest BCUT2D eigenvalue weighted by atomic mass is 10.2.